The lowest BCUT2D eigenvalue weighted by atomic mass is 9.79. The van der Waals surface area contributed by atoms with Gasteiger partial charge in [0.15, 0.2) is 0 Å². The fourth-order valence-corrected chi connectivity index (χ4v) is 7.50. The first kappa shape index (κ1) is 24.7. The number of aromatic amines is 1. The van der Waals surface area contributed by atoms with Crippen molar-refractivity contribution >= 4 is 16.8 Å². The van der Waals surface area contributed by atoms with Gasteiger partial charge in [-0.05, 0) is 50.7 Å². The first-order chi connectivity index (χ1) is 17.9. The maximum atomic E-state index is 13.6. The molecule has 1 aliphatic carbocycles. The Hall–Kier alpha value is -2.63. The number of carbonyl (C=O) groups is 1. The number of hydrogen-bond donors (Lipinski definition) is 2. The van der Waals surface area contributed by atoms with Gasteiger partial charge in [0.05, 0.1) is 17.7 Å². The number of hydrogen-bond acceptors (Lipinski definition) is 3. The number of para-hydroxylation sites is 1. The number of piperidine rings is 1. The lowest BCUT2D eigenvalue weighted by molar-refractivity contribution is -0.142. The molecule has 0 radical (unpaired) electrons. The monoisotopic (exact) mass is 499 g/mol. The topological polar surface area (TPSA) is 59.6 Å². The van der Waals surface area contributed by atoms with Gasteiger partial charge in [-0.25, -0.2) is 0 Å². The molecular weight excluding hydrogens is 458 g/mol. The molecule has 0 spiro atoms. The summed E-state index contributed by atoms with van der Waals surface area (Å²) in [5.41, 5.74) is 7.73. The number of amides is 1. The molecule has 3 aromatic rings. The van der Waals surface area contributed by atoms with Crippen LogP contribution in [0.3, 0.4) is 0 Å². The van der Waals surface area contributed by atoms with Crippen molar-refractivity contribution in [2.45, 2.75) is 77.0 Å². The Morgan fingerprint density at radius 1 is 1.14 bits per heavy atom. The number of carbonyl (C=O) groups excluding carboxylic acids is 1. The van der Waals surface area contributed by atoms with Crippen molar-refractivity contribution in [1.82, 2.24) is 14.8 Å². The third-order valence-corrected chi connectivity index (χ3v) is 9.55. The van der Waals surface area contributed by atoms with Crippen LogP contribution in [0.15, 0.2) is 42.5 Å². The molecule has 196 valence electrons. The van der Waals surface area contributed by atoms with Crippen LogP contribution in [0.2, 0.25) is 0 Å². The summed E-state index contributed by atoms with van der Waals surface area (Å²) in [6, 6.07) is 15.7. The lowest BCUT2D eigenvalue weighted by Gasteiger charge is -2.50. The van der Waals surface area contributed by atoms with Crippen LogP contribution in [0.25, 0.3) is 22.0 Å². The van der Waals surface area contributed by atoms with Crippen LogP contribution in [-0.4, -0.2) is 58.1 Å². The van der Waals surface area contributed by atoms with E-state index in [9.17, 15) is 9.90 Å². The Kier molecular flexibility index (Phi) is 6.62. The third-order valence-electron chi connectivity index (χ3n) is 9.55. The lowest BCUT2D eigenvalue weighted by Crippen LogP contribution is -2.57. The minimum atomic E-state index is -0.440. The molecule has 2 N–H and O–H groups in total. The third kappa shape index (κ3) is 4.40. The first-order valence-corrected chi connectivity index (χ1v) is 14.3. The average Bonchev–Trinajstić information content (AvgIpc) is 3.31. The molecule has 3 heterocycles. The Morgan fingerprint density at radius 3 is 2.68 bits per heavy atom. The summed E-state index contributed by atoms with van der Waals surface area (Å²) < 4.78 is 0. The highest BCUT2D eigenvalue weighted by atomic mass is 16.3. The largest absolute Gasteiger partial charge is 0.393 e. The van der Waals surface area contributed by atoms with Gasteiger partial charge in [0.1, 0.15) is 0 Å². The molecule has 2 aliphatic heterocycles. The number of nitrogens with one attached hydrogen (secondary N) is 1. The van der Waals surface area contributed by atoms with E-state index >= 15 is 0 Å². The summed E-state index contributed by atoms with van der Waals surface area (Å²) >= 11 is 0. The van der Waals surface area contributed by atoms with Gasteiger partial charge in [0.2, 0.25) is 5.91 Å². The summed E-state index contributed by atoms with van der Waals surface area (Å²) in [6.45, 7) is 5.88. The molecule has 0 unspecified atom stereocenters. The van der Waals surface area contributed by atoms with Crippen LogP contribution < -0.4 is 0 Å². The maximum absolute atomic E-state index is 13.6. The summed E-state index contributed by atoms with van der Waals surface area (Å²) in [5, 5.41) is 12.1. The quantitative estimate of drug-likeness (QED) is 0.473. The zero-order valence-corrected chi connectivity index (χ0v) is 22.5. The van der Waals surface area contributed by atoms with E-state index in [4.69, 9.17) is 0 Å². The molecule has 37 heavy (non-hydrogen) atoms. The molecule has 0 bridgehead atoms. The van der Waals surface area contributed by atoms with Gasteiger partial charge in [-0.1, -0.05) is 67.3 Å². The van der Waals surface area contributed by atoms with E-state index in [1.165, 1.54) is 45.3 Å². The summed E-state index contributed by atoms with van der Waals surface area (Å²) in [6.07, 6.45) is 7.03. The smallest absolute Gasteiger partial charge is 0.225 e. The maximum Gasteiger partial charge on any atom is 0.225 e. The van der Waals surface area contributed by atoms with Gasteiger partial charge in [0, 0.05) is 54.7 Å². The van der Waals surface area contributed by atoms with E-state index in [1.807, 2.05) is 18.9 Å². The van der Waals surface area contributed by atoms with Gasteiger partial charge in [-0.2, -0.15) is 0 Å². The van der Waals surface area contributed by atoms with E-state index < -0.39 is 6.10 Å². The van der Waals surface area contributed by atoms with Crippen LogP contribution in [0, 0.1) is 18.8 Å². The van der Waals surface area contributed by atoms with Crippen molar-refractivity contribution in [2.75, 3.05) is 20.1 Å². The molecule has 6 rings (SSSR count). The van der Waals surface area contributed by atoms with Gasteiger partial charge < -0.3 is 15.0 Å². The predicted molar refractivity (Wildman–Crippen MR) is 149 cm³/mol. The second-order valence-corrected chi connectivity index (χ2v) is 11.9. The normalized spacial score (nSPS) is 25.5. The van der Waals surface area contributed by atoms with Gasteiger partial charge >= 0.3 is 0 Å². The van der Waals surface area contributed by atoms with E-state index in [-0.39, 0.29) is 23.9 Å². The van der Waals surface area contributed by atoms with E-state index in [0.717, 1.165) is 51.6 Å². The predicted octanol–water partition coefficient (Wildman–Crippen LogP) is 5.85. The van der Waals surface area contributed by atoms with Crippen molar-refractivity contribution < 1.29 is 9.90 Å². The Labute approximate surface area is 220 Å². The summed E-state index contributed by atoms with van der Waals surface area (Å²) in [4.78, 5) is 22.0. The number of aliphatic hydroxyl groups is 1. The van der Waals surface area contributed by atoms with Crippen LogP contribution in [0.5, 0.6) is 0 Å². The minimum absolute atomic E-state index is 0.0456. The van der Waals surface area contributed by atoms with Crippen molar-refractivity contribution in [3.63, 3.8) is 0 Å². The zero-order chi connectivity index (χ0) is 25.7. The molecule has 2 fully saturated rings. The van der Waals surface area contributed by atoms with Crippen molar-refractivity contribution in [3.05, 3.63) is 59.3 Å². The molecule has 5 nitrogen and oxygen atoms in total. The van der Waals surface area contributed by atoms with Gasteiger partial charge in [0.25, 0.3) is 0 Å². The van der Waals surface area contributed by atoms with Crippen molar-refractivity contribution in [3.8, 4) is 11.1 Å². The Morgan fingerprint density at radius 2 is 1.92 bits per heavy atom. The number of aryl methyl sites for hydroxylation is 1. The molecule has 5 heteroatoms. The molecule has 1 amide bonds. The number of rotatable bonds is 4. The number of aliphatic hydroxyl groups excluding tert-OH is 1. The van der Waals surface area contributed by atoms with Crippen molar-refractivity contribution in [2.24, 2.45) is 11.8 Å². The molecule has 1 saturated carbocycles. The Balaban J connectivity index is 1.36. The minimum Gasteiger partial charge on any atom is -0.393 e. The molecule has 4 atom stereocenters. The average molecular weight is 500 g/mol. The Bertz CT molecular complexity index is 1290. The summed E-state index contributed by atoms with van der Waals surface area (Å²) in [5.74, 6) is 0.513. The highest BCUT2D eigenvalue weighted by Crippen LogP contribution is 2.44. The van der Waals surface area contributed by atoms with Gasteiger partial charge in [-0.3, -0.25) is 9.69 Å². The number of benzene rings is 2. The molecule has 1 saturated heterocycles. The zero-order valence-electron chi connectivity index (χ0n) is 22.5. The van der Waals surface area contributed by atoms with E-state index in [2.05, 4.69) is 59.3 Å². The molecule has 2 aromatic carbocycles. The van der Waals surface area contributed by atoms with E-state index in [1.54, 1.807) is 0 Å². The van der Waals surface area contributed by atoms with Crippen LogP contribution in [-0.2, 0) is 11.2 Å². The van der Waals surface area contributed by atoms with Gasteiger partial charge in [-0.15, -0.1) is 0 Å². The first-order valence-electron chi connectivity index (χ1n) is 14.3. The number of aromatic nitrogens is 1. The number of nitrogens with zero attached hydrogens (tertiary/aromatic N) is 2. The molecule has 1 aromatic heterocycles. The number of H-pyrrole nitrogens is 1. The van der Waals surface area contributed by atoms with E-state index in [0.29, 0.717) is 5.91 Å². The van der Waals surface area contributed by atoms with Crippen LogP contribution in [0.4, 0.5) is 0 Å². The van der Waals surface area contributed by atoms with Crippen LogP contribution >= 0.6 is 0 Å². The fourth-order valence-electron chi connectivity index (χ4n) is 7.50. The second-order valence-electron chi connectivity index (χ2n) is 11.9. The second kappa shape index (κ2) is 9.92. The SMILES string of the molecule is Cc1cccc(-c2cccc3c4c([nH]c23)[C@@H]2C[C@H](N(C)C(=O)C3CCCCC3)[C@H]([C@H](C)O)CN2CC4)c1. The van der Waals surface area contributed by atoms with Crippen molar-refractivity contribution in [1.29, 1.82) is 0 Å². The standard InChI is InChI=1S/C32H41N3O2/c1-20-9-7-12-23(17-20)24-13-8-14-25-26-15-16-35-19-27(21(2)36)28(18-29(35)31(26)33-30(24)25)34(3)32(37)22-10-5-4-6-11-22/h7-9,12-14,17,21-22,27-29,33,36H,4-6,10-11,15-16,18-19H2,1-3H3/t21-,27-,28-,29-/m0/s1. The van der Waals surface area contributed by atoms with Crippen LogP contribution in [0.1, 0.15) is 68.3 Å². The number of fused-ring (bicyclic) bond motifs is 5. The molecular formula is C32H41N3O2. The highest BCUT2D eigenvalue weighted by molar-refractivity contribution is 5.97. The fraction of sp³-hybridized carbons (Fsp3) is 0.531. The molecule has 3 aliphatic rings. The summed E-state index contributed by atoms with van der Waals surface area (Å²) in [7, 11) is 2.00. The highest BCUT2D eigenvalue weighted by Gasteiger charge is 2.44.